The van der Waals surface area contributed by atoms with E-state index in [1.165, 1.54) is 0 Å². The first-order chi connectivity index (χ1) is 7.10. The quantitative estimate of drug-likeness (QED) is 0.536. The summed E-state index contributed by atoms with van der Waals surface area (Å²) in [5, 5.41) is 10.4. The molecule has 0 aliphatic heterocycles. The number of methoxy groups -OCH3 is 1. The van der Waals surface area contributed by atoms with Crippen LogP contribution in [0.5, 0.6) is 5.75 Å². The van der Waals surface area contributed by atoms with Gasteiger partial charge in [0, 0.05) is 17.1 Å². The van der Waals surface area contributed by atoms with Gasteiger partial charge < -0.3 is 9.84 Å². The van der Waals surface area contributed by atoms with Crippen LogP contribution in [0.1, 0.15) is 17.2 Å². The molecule has 0 aromatic heterocycles. The smallest absolute Gasteiger partial charge is 0.127 e. The molecule has 0 fully saturated rings. The van der Waals surface area contributed by atoms with Gasteiger partial charge in [0.05, 0.1) is 13.2 Å². The average Bonchev–Trinajstić information content (AvgIpc) is 2.17. The van der Waals surface area contributed by atoms with Crippen LogP contribution in [0.15, 0.2) is 12.1 Å². The van der Waals surface area contributed by atoms with E-state index < -0.39 is 6.10 Å². The summed E-state index contributed by atoms with van der Waals surface area (Å²) in [7, 11) is 1.56. The van der Waals surface area contributed by atoms with Crippen LogP contribution in [0.4, 0.5) is 0 Å². The summed E-state index contributed by atoms with van der Waals surface area (Å²) in [5.41, 5.74) is 3.93. The summed E-state index contributed by atoms with van der Waals surface area (Å²) < 4.78 is 5.21. The highest BCUT2D eigenvalue weighted by atomic mass is 35.5. The highest BCUT2D eigenvalue weighted by Gasteiger charge is 2.15. The van der Waals surface area contributed by atoms with Gasteiger partial charge in [0.2, 0.25) is 0 Å². The Hall–Kier alpha value is -0.810. The van der Waals surface area contributed by atoms with E-state index in [1.807, 2.05) is 6.92 Å². The Balaban J connectivity index is 3.13. The highest BCUT2D eigenvalue weighted by Crippen LogP contribution is 2.31. The van der Waals surface area contributed by atoms with Crippen molar-refractivity contribution in [3.8, 4) is 5.75 Å². The molecule has 4 nitrogen and oxygen atoms in total. The first kappa shape index (κ1) is 12.3. The average molecular weight is 231 g/mol. The Morgan fingerprint density at radius 2 is 2.27 bits per heavy atom. The molecule has 0 saturated heterocycles. The number of benzene rings is 1. The zero-order valence-corrected chi connectivity index (χ0v) is 9.51. The molecule has 1 unspecified atom stereocenters. The minimum atomic E-state index is -0.734. The summed E-state index contributed by atoms with van der Waals surface area (Å²) in [4.78, 5) is 0. The molecule has 1 aromatic carbocycles. The van der Waals surface area contributed by atoms with Gasteiger partial charge in [0.1, 0.15) is 5.75 Å². The third kappa shape index (κ3) is 2.82. The van der Waals surface area contributed by atoms with Crippen molar-refractivity contribution >= 4 is 11.6 Å². The van der Waals surface area contributed by atoms with Crippen molar-refractivity contribution < 1.29 is 9.84 Å². The zero-order valence-electron chi connectivity index (χ0n) is 8.75. The largest absolute Gasteiger partial charge is 0.496 e. The Bertz CT molecular complexity index is 344. The number of nitrogens with two attached hydrogens (primary N) is 1. The molecule has 0 saturated carbocycles. The van der Waals surface area contributed by atoms with Gasteiger partial charge in [-0.1, -0.05) is 11.6 Å². The summed E-state index contributed by atoms with van der Waals surface area (Å²) in [5.74, 6) is 5.79. The van der Waals surface area contributed by atoms with Crippen molar-refractivity contribution in [2.45, 2.75) is 13.0 Å². The number of hydrogen-bond donors (Lipinski definition) is 3. The van der Waals surface area contributed by atoms with Crippen LogP contribution in [0, 0.1) is 6.92 Å². The number of ether oxygens (including phenoxy) is 1. The van der Waals surface area contributed by atoms with Gasteiger partial charge in [0.25, 0.3) is 0 Å². The van der Waals surface area contributed by atoms with E-state index >= 15 is 0 Å². The van der Waals surface area contributed by atoms with Crippen molar-refractivity contribution in [1.29, 1.82) is 0 Å². The Labute approximate surface area is 94.0 Å². The van der Waals surface area contributed by atoms with Crippen molar-refractivity contribution in [3.63, 3.8) is 0 Å². The molecule has 0 amide bonds. The van der Waals surface area contributed by atoms with Crippen LogP contribution < -0.4 is 16.0 Å². The first-order valence-electron chi connectivity index (χ1n) is 4.55. The minimum Gasteiger partial charge on any atom is -0.496 e. The minimum absolute atomic E-state index is 0.246. The Morgan fingerprint density at radius 3 is 2.80 bits per heavy atom. The van der Waals surface area contributed by atoms with Crippen molar-refractivity contribution in [1.82, 2.24) is 5.43 Å². The Kier molecular flexibility index (Phi) is 4.35. The maximum Gasteiger partial charge on any atom is 0.127 e. The van der Waals surface area contributed by atoms with Crippen molar-refractivity contribution in [3.05, 3.63) is 28.3 Å². The number of aryl methyl sites for hydroxylation is 1. The number of hydrogen-bond acceptors (Lipinski definition) is 4. The highest BCUT2D eigenvalue weighted by molar-refractivity contribution is 6.30. The van der Waals surface area contributed by atoms with Crippen LogP contribution >= 0.6 is 11.6 Å². The fourth-order valence-corrected chi connectivity index (χ4v) is 1.78. The molecular formula is C10H15ClN2O2. The normalized spacial score (nSPS) is 12.6. The van der Waals surface area contributed by atoms with E-state index in [-0.39, 0.29) is 6.54 Å². The van der Waals surface area contributed by atoms with Gasteiger partial charge in [-0.05, 0) is 24.6 Å². The van der Waals surface area contributed by atoms with Crippen LogP contribution in [-0.4, -0.2) is 18.8 Å². The van der Waals surface area contributed by atoms with Gasteiger partial charge in [-0.25, -0.2) is 0 Å². The van der Waals surface area contributed by atoms with Gasteiger partial charge >= 0.3 is 0 Å². The molecule has 1 aromatic rings. The fraction of sp³-hybridized carbons (Fsp3) is 0.400. The van der Waals surface area contributed by atoms with Gasteiger partial charge in [-0.3, -0.25) is 11.3 Å². The second-order valence-electron chi connectivity index (χ2n) is 3.27. The molecule has 0 radical (unpaired) electrons. The number of hydrazine groups is 1. The maximum atomic E-state index is 9.80. The van der Waals surface area contributed by atoms with E-state index in [0.717, 1.165) is 5.56 Å². The number of aliphatic hydroxyl groups excluding tert-OH is 1. The van der Waals surface area contributed by atoms with Gasteiger partial charge in [-0.15, -0.1) is 0 Å². The molecule has 1 rings (SSSR count). The molecule has 0 spiro atoms. The molecule has 5 heteroatoms. The van der Waals surface area contributed by atoms with Gasteiger partial charge in [0.15, 0.2) is 0 Å². The van der Waals surface area contributed by atoms with E-state index in [2.05, 4.69) is 5.43 Å². The predicted octanol–water partition coefficient (Wildman–Crippen LogP) is 1.15. The summed E-state index contributed by atoms with van der Waals surface area (Å²) in [6, 6.07) is 3.46. The third-order valence-electron chi connectivity index (χ3n) is 2.14. The topological polar surface area (TPSA) is 67.5 Å². The number of aliphatic hydroxyl groups is 1. The number of halogens is 1. The summed E-state index contributed by atoms with van der Waals surface area (Å²) in [6.07, 6.45) is -0.734. The molecule has 0 bridgehead atoms. The van der Waals surface area contributed by atoms with E-state index in [0.29, 0.717) is 16.3 Å². The number of nitrogens with one attached hydrogen (secondary N) is 1. The second-order valence-corrected chi connectivity index (χ2v) is 3.71. The monoisotopic (exact) mass is 230 g/mol. The molecule has 0 aliphatic rings. The number of rotatable bonds is 4. The molecule has 4 N–H and O–H groups in total. The van der Waals surface area contributed by atoms with E-state index in [1.54, 1.807) is 19.2 Å². The third-order valence-corrected chi connectivity index (χ3v) is 2.36. The summed E-state index contributed by atoms with van der Waals surface area (Å²) in [6.45, 7) is 2.12. The fourth-order valence-electron chi connectivity index (χ4n) is 1.50. The molecule has 84 valence electrons. The SMILES string of the molecule is COc1c(C)cc(Cl)cc1C(O)CNN. The lowest BCUT2D eigenvalue weighted by molar-refractivity contribution is 0.171. The van der Waals surface area contributed by atoms with Crippen molar-refractivity contribution in [2.75, 3.05) is 13.7 Å². The lowest BCUT2D eigenvalue weighted by Crippen LogP contribution is -2.27. The Morgan fingerprint density at radius 1 is 1.60 bits per heavy atom. The van der Waals surface area contributed by atoms with Crippen LogP contribution in [-0.2, 0) is 0 Å². The molecule has 0 aliphatic carbocycles. The lowest BCUT2D eigenvalue weighted by atomic mass is 10.0. The zero-order chi connectivity index (χ0) is 11.4. The van der Waals surface area contributed by atoms with E-state index in [9.17, 15) is 5.11 Å². The van der Waals surface area contributed by atoms with Crippen molar-refractivity contribution in [2.24, 2.45) is 5.84 Å². The van der Waals surface area contributed by atoms with Crippen LogP contribution in [0.2, 0.25) is 5.02 Å². The van der Waals surface area contributed by atoms with Gasteiger partial charge in [-0.2, -0.15) is 0 Å². The molecule has 1 atom stereocenters. The summed E-state index contributed by atoms with van der Waals surface area (Å²) >= 11 is 5.90. The lowest BCUT2D eigenvalue weighted by Gasteiger charge is -2.16. The maximum absolute atomic E-state index is 9.80. The molecular weight excluding hydrogens is 216 g/mol. The van der Waals surface area contributed by atoms with E-state index in [4.69, 9.17) is 22.2 Å². The standard InChI is InChI=1S/C10H15ClN2O2/c1-6-3-7(11)4-8(10(6)15-2)9(14)5-13-12/h3-4,9,13-14H,5,12H2,1-2H3. The van der Waals surface area contributed by atoms with Crippen LogP contribution in [0.3, 0.4) is 0 Å². The second kappa shape index (κ2) is 5.32. The molecule has 15 heavy (non-hydrogen) atoms. The predicted molar refractivity (Wildman–Crippen MR) is 59.9 cm³/mol. The first-order valence-corrected chi connectivity index (χ1v) is 4.93. The van der Waals surface area contributed by atoms with Crippen LogP contribution in [0.25, 0.3) is 0 Å². The molecule has 0 heterocycles.